The second-order valence-electron chi connectivity index (χ2n) is 8.18. The molecule has 1 aliphatic heterocycles. The lowest BCUT2D eigenvalue weighted by molar-refractivity contribution is -0.143. The lowest BCUT2D eigenvalue weighted by Gasteiger charge is -2.29. The number of nitrogens with one attached hydrogen (secondary N) is 1. The predicted molar refractivity (Wildman–Crippen MR) is 118 cm³/mol. The van der Waals surface area contributed by atoms with Gasteiger partial charge in [0.1, 0.15) is 11.8 Å². The van der Waals surface area contributed by atoms with E-state index in [9.17, 15) is 19.2 Å². The van der Waals surface area contributed by atoms with Crippen LogP contribution in [0.2, 0.25) is 0 Å². The number of likely N-dealkylation sites (N-methyl/N-ethyl adjacent to an activating group) is 1. The molecule has 2 aliphatic rings. The van der Waals surface area contributed by atoms with Crippen LogP contribution < -0.4 is 10.1 Å². The van der Waals surface area contributed by atoms with Gasteiger partial charge in [-0.15, -0.1) is 0 Å². The maximum atomic E-state index is 13.2. The van der Waals surface area contributed by atoms with Crippen molar-refractivity contribution in [3.8, 4) is 5.75 Å². The maximum absolute atomic E-state index is 13.2. The van der Waals surface area contributed by atoms with E-state index >= 15 is 0 Å². The van der Waals surface area contributed by atoms with Gasteiger partial charge in [-0.1, -0.05) is 24.3 Å². The Hall–Kier alpha value is -3.16. The minimum Gasteiger partial charge on any atom is -0.497 e. The van der Waals surface area contributed by atoms with E-state index in [0.29, 0.717) is 25.1 Å². The highest BCUT2D eigenvalue weighted by atomic mass is 16.5. The summed E-state index contributed by atoms with van der Waals surface area (Å²) in [5.41, 5.74) is 0.819. The quantitative estimate of drug-likeness (QED) is 0.466. The average Bonchev–Trinajstić information content (AvgIpc) is 3.05. The number of hydrogen-bond acceptors (Lipinski definition) is 5. The van der Waals surface area contributed by atoms with Gasteiger partial charge in [0.2, 0.25) is 23.6 Å². The normalized spacial score (nSPS) is 20.7. The molecule has 0 radical (unpaired) electrons. The molecule has 1 fully saturated rings. The number of methoxy groups -OCH3 is 1. The molecule has 32 heavy (non-hydrogen) atoms. The van der Waals surface area contributed by atoms with Crippen molar-refractivity contribution in [1.82, 2.24) is 15.1 Å². The molecule has 1 saturated heterocycles. The topological polar surface area (TPSA) is 96.0 Å². The minimum absolute atomic E-state index is 0.0280. The zero-order valence-corrected chi connectivity index (χ0v) is 18.9. The first kappa shape index (κ1) is 23.5. The van der Waals surface area contributed by atoms with Crippen molar-refractivity contribution >= 4 is 23.6 Å². The molecule has 4 amide bonds. The van der Waals surface area contributed by atoms with Gasteiger partial charge in [0.25, 0.3) is 0 Å². The number of likely N-dealkylation sites (tertiary alicyclic amines) is 1. The summed E-state index contributed by atoms with van der Waals surface area (Å²) < 4.78 is 5.26. The number of carbonyl (C=O) groups excluding carboxylic acids is 4. The first-order valence-corrected chi connectivity index (χ1v) is 11.1. The number of nitrogens with zero attached hydrogens (tertiary/aromatic N) is 2. The van der Waals surface area contributed by atoms with Gasteiger partial charge in [-0.3, -0.25) is 24.1 Å². The van der Waals surface area contributed by atoms with Gasteiger partial charge < -0.3 is 15.0 Å². The van der Waals surface area contributed by atoms with E-state index in [1.807, 2.05) is 43.3 Å². The highest BCUT2D eigenvalue weighted by Gasteiger charge is 2.47. The Morgan fingerprint density at radius 1 is 1.19 bits per heavy atom. The monoisotopic (exact) mass is 441 g/mol. The van der Waals surface area contributed by atoms with Crippen molar-refractivity contribution < 1.29 is 23.9 Å². The summed E-state index contributed by atoms with van der Waals surface area (Å²) in [5, 5.41) is 2.75. The van der Waals surface area contributed by atoms with Crippen molar-refractivity contribution in [3.63, 3.8) is 0 Å². The largest absolute Gasteiger partial charge is 0.497 e. The molecule has 0 unspecified atom stereocenters. The van der Waals surface area contributed by atoms with E-state index in [-0.39, 0.29) is 55.0 Å². The van der Waals surface area contributed by atoms with E-state index in [4.69, 9.17) is 4.74 Å². The molecule has 172 valence electrons. The highest BCUT2D eigenvalue weighted by molar-refractivity contribution is 6.05. The van der Waals surface area contributed by atoms with Gasteiger partial charge in [-0.25, -0.2) is 0 Å². The molecule has 8 nitrogen and oxygen atoms in total. The molecular formula is C24H31N3O5. The van der Waals surface area contributed by atoms with Crippen LogP contribution in [0.4, 0.5) is 0 Å². The number of benzene rings is 1. The molecule has 1 aliphatic carbocycles. The molecule has 0 spiro atoms. The number of rotatable bonds is 9. The predicted octanol–water partition coefficient (Wildman–Crippen LogP) is 1.89. The van der Waals surface area contributed by atoms with Crippen LogP contribution in [-0.4, -0.2) is 59.7 Å². The summed E-state index contributed by atoms with van der Waals surface area (Å²) in [6, 6.07) is 6.60. The Bertz CT molecular complexity index is 887. The molecule has 1 N–H and O–H groups in total. The summed E-state index contributed by atoms with van der Waals surface area (Å²) in [6.45, 7) is 4.19. The molecular weight excluding hydrogens is 410 g/mol. The summed E-state index contributed by atoms with van der Waals surface area (Å²) in [5.74, 6) is -0.921. The summed E-state index contributed by atoms with van der Waals surface area (Å²) >= 11 is 0. The molecule has 1 heterocycles. The Morgan fingerprint density at radius 3 is 2.44 bits per heavy atom. The molecule has 1 aromatic rings. The number of carbonyl (C=O) groups is 4. The standard InChI is InChI=1S/C24H31N3O5/c1-4-25-22(29)16(2)27(15-17-8-7-9-18(14-17)32-3)21(28)12-13-26-23(30)19-10-5-6-11-20(19)24(26)31/h5-9,14,16,19-20H,4,10-13,15H2,1-3H3,(H,25,29)/t16-,19-,20+/m1/s1. The smallest absolute Gasteiger partial charge is 0.242 e. The average molecular weight is 442 g/mol. The van der Waals surface area contributed by atoms with Gasteiger partial charge in [-0.2, -0.15) is 0 Å². The molecule has 0 aromatic heterocycles. The molecule has 3 rings (SSSR count). The second kappa shape index (κ2) is 10.4. The minimum atomic E-state index is -0.703. The fraction of sp³-hybridized carbons (Fsp3) is 0.500. The van der Waals surface area contributed by atoms with Crippen LogP contribution in [0.3, 0.4) is 0 Å². The summed E-state index contributed by atoms with van der Waals surface area (Å²) in [7, 11) is 1.57. The Balaban J connectivity index is 1.72. The zero-order valence-electron chi connectivity index (χ0n) is 18.9. The number of allylic oxidation sites excluding steroid dienone is 2. The van der Waals surface area contributed by atoms with Crippen molar-refractivity contribution in [3.05, 3.63) is 42.0 Å². The maximum Gasteiger partial charge on any atom is 0.242 e. The number of imide groups is 1. The number of fused-ring (bicyclic) bond motifs is 1. The van der Waals surface area contributed by atoms with Crippen LogP contribution >= 0.6 is 0 Å². The summed E-state index contributed by atoms with van der Waals surface area (Å²) in [6.07, 6.45) is 4.97. The zero-order chi connectivity index (χ0) is 23.3. The van der Waals surface area contributed by atoms with Gasteiger partial charge in [0.05, 0.1) is 18.9 Å². The fourth-order valence-corrected chi connectivity index (χ4v) is 4.31. The second-order valence-corrected chi connectivity index (χ2v) is 8.18. The number of ether oxygens (including phenoxy) is 1. The van der Waals surface area contributed by atoms with Crippen molar-refractivity contribution in [2.45, 2.75) is 45.7 Å². The molecule has 1 aromatic carbocycles. The fourth-order valence-electron chi connectivity index (χ4n) is 4.31. The lowest BCUT2D eigenvalue weighted by Crippen LogP contribution is -2.48. The van der Waals surface area contributed by atoms with Crippen molar-refractivity contribution in [2.75, 3.05) is 20.2 Å². The number of hydrogen-bond donors (Lipinski definition) is 1. The van der Waals surface area contributed by atoms with Gasteiger partial charge in [0.15, 0.2) is 0 Å². The first-order valence-electron chi connectivity index (χ1n) is 11.1. The van der Waals surface area contributed by atoms with Crippen LogP contribution in [0.15, 0.2) is 36.4 Å². The Labute approximate surface area is 188 Å². The molecule has 8 heteroatoms. The molecule has 3 atom stereocenters. The van der Waals surface area contributed by atoms with Gasteiger partial charge in [0, 0.05) is 26.1 Å². The number of amides is 4. The third-order valence-electron chi connectivity index (χ3n) is 6.15. The van der Waals surface area contributed by atoms with E-state index in [2.05, 4.69) is 5.32 Å². The Morgan fingerprint density at radius 2 is 1.84 bits per heavy atom. The van der Waals surface area contributed by atoms with E-state index in [0.717, 1.165) is 5.56 Å². The third-order valence-corrected chi connectivity index (χ3v) is 6.15. The van der Waals surface area contributed by atoms with Crippen LogP contribution in [0.25, 0.3) is 0 Å². The van der Waals surface area contributed by atoms with E-state index in [1.54, 1.807) is 14.0 Å². The lowest BCUT2D eigenvalue weighted by atomic mass is 9.85. The van der Waals surface area contributed by atoms with Crippen LogP contribution in [0, 0.1) is 11.8 Å². The first-order chi connectivity index (χ1) is 15.4. The SMILES string of the molecule is CCNC(=O)[C@@H](C)N(Cc1cccc(OC)c1)C(=O)CCN1C(=O)[C@H]2CC=CC[C@H]2C1=O. The highest BCUT2D eigenvalue weighted by Crippen LogP contribution is 2.35. The van der Waals surface area contributed by atoms with Crippen molar-refractivity contribution in [1.29, 1.82) is 0 Å². The van der Waals surface area contributed by atoms with Gasteiger partial charge in [-0.05, 0) is 44.4 Å². The molecule has 0 saturated carbocycles. The van der Waals surface area contributed by atoms with Crippen LogP contribution in [-0.2, 0) is 25.7 Å². The van der Waals surface area contributed by atoms with E-state index in [1.165, 1.54) is 9.80 Å². The van der Waals surface area contributed by atoms with Gasteiger partial charge >= 0.3 is 0 Å². The third kappa shape index (κ3) is 5.00. The van der Waals surface area contributed by atoms with E-state index < -0.39 is 6.04 Å². The summed E-state index contributed by atoms with van der Waals surface area (Å²) in [4.78, 5) is 53.8. The molecule has 0 bridgehead atoms. The Kier molecular flexibility index (Phi) is 7.66. The van der Waals surface area contributed by atoms with Crippen LogP contribution in [0.5, 0.6) is 5.75 Å². The van der Waals surface area contributed by atoms with Crippen LogP contribution in [0.1, 0.15) is 38.7 Å². The van der Waals surface area contributed by atoms with Crippen molar-refractivity contribution in [2.24, 2.45) is 11.8 Å².